The van der Waals surface area contributed by atoms with Gasteiger partial charge in [0.05, 0.1) is 11.8 Å². The van der Waals surface area contributed by atoms with Gasteiger partial charge in [0.2, 0.25) is 0 Å². The Bertz CT molecular complexity index is 512. The van der Waals surface area contributed by atoms with Gasteiger partial charge >= 0.3 is 0 Å². The van der Waals surface area contributed by atoms with Crippen molar-refractivity contribution in [2.45, 2.75) is 30.0 Å². The van der Waals surface area contributed by atoms with Crippen molar-refractivity contribution in [1.29, 1.82) is 0 Å². The van der Waals surface area contributed by atoms with Gasteiger partial charge < -0.3 is 10.1 Å². The van der Waals surface area contributed by atoms with Crippen molar-refractivity contribution in [2.24, 2.45) is 0 Å². The molecule has 1 fully saturated rings. The molecule has 100 valence electrons. The molecule has 1 saturated carbocycles. The Labute approximate surface area is 107 Å². The molecule has 0 amide bonds. The first-order chi connectivity index (χ1) is 8.56. The van der Waals surface area contributed by atoms with E-state index in [0.717, 1.165) is 0 Å². The second-order valence-electron chi connectivity index (χ2n) is 4.25. The lowest BCUT2D eigenvalue weighted by molar-refractivity contribution is 0.0236. The summed E-state index contributed by atoms with van der Waals surface area (Å²) >= 11 is 0. The predicted molar refractivity (Wildman–Crippen MR) is 67.9 cm³/mol. The normalized spacial score (nSPS) is 23.4. The van der Waals surface area contributed by atoms with Crippen LogP contribution in [0, 0.1) is 0 Å². The maximum atomic E-state index is 12.2. The first-order valence-electron chi connectivity index (χ1n) is 5.74. The topological polar surface area (TPSA) is 80.3 Å². The zero-order valence-electron chi connectivity index (χ0n) is 10.4. The van der Waals surface area contributed by atoms with Crippen LogP contribution in [0.5, 0.6) is 0 Å². The molecule has 0 bridgehead atoms. The highest BCUT2D eigenvalue weighted by molar-refractivity contribution is 7.89. The van der Waals surface area contributed by atoms with Crippen molar-refractivity contribution in [3.8, 4) is 0 Å². The standard InChI is InChI=1S/C11H17N3O3S/c1-12-10-4-3-5-13-11(10)18(15,16)14-8-6-9(7-8)17-2/h3-5,8-9,12,14H,6-7H2,1-2H3. The first-order valence-corrected chi connectivity index (χ1v) is 7.23. The van der Waals surface area contributed by atoms with E-state index in [4.69, 9.17) is 4.74 Å². The number of hydrogen-bond acceptors (Lipinski definition) is 5. The molecule has 1 heterocycles. The third kappa shape index (κ3) is 2.63. The minimum absolute atomic E-state index is 0.0355. The second-order valence-corrected chi connectivity index (χ2v) is 5.88. The number of ether oxygens (including phenoxy) is 1. The van der Waals surface area contributed by atoms with E-state index in [2.05, 4.69) is 15.0 Å². The Morgan fingerprint density at radius 3 is 2.78 bits per heavy atom. The summed E-state index contributed by atoms with van der Waals surface area (Å²) in [6, 6.07) is 3.31. The van der Waals surface area contributed by atoms with Crippen LogP contribution in [0.3, 0.4) is 0 Å². The Hall–Kier alpha value is -1.18. The molecule has 1 aromatic heterocycles. The van der Waals surface area contributed by atoms with E-state index in [1.165, 1.54) is 6.20 Å². The van der Waals surface area contributed by atoms with E-state index >= 15 is 0 Å². The highest BCUT2D eigenvalue weighted by atomic mass is 32.2. The van der Waals surface area contributed by atoms with Gasteiger partial charge in [-0.2, -0.15) is 0 Å². The minimum Gasteiger partial charge on any atom is -0.386 e. The average molecular weight is 271 g/mol. The molecule has 0 spiro atoms. The van der Waals surface area contributed by atoms with Crippen molar-refractivity contribution in [2.75, 3.05) is 19.5 Å². The number of hydrogen-bond donors (Lipinski definition) is 2. The summed E-state index contributed by atoms with van der Waals surface area (Å²) in [6.45, 7) is 0. The Kier molecular flexibility index (Phi) is 3.84. The molecule has 0 aromatic carbocycles. The summed E-state index contributed by atoms with van der Waals surface area (Å²) in [6.07, 6.45) is 3.04. The average Bonchev–Trinajstić information content (AvgIpc) is 2.33. The number of pyridine rings is 1. The number of rotatable bonds is 5. The molecule has 0 saturated heterocycles. The van der Waals surface area contributed by atoms with Crippen LogP contribution in [-0.2, 0) is 14.8 Å². The van der Waals surface area contributed by atoms with Gasteiger partial charge in [0, 0.05) is 26.4 Å². The molecule has 2 N–H and O–H groups in total. The summed E-state index contributed by atoms with van der Waals surface area (Å²) in [5, 5.41) is 2.86. The number of methoxy groups -OCH3 is 1. The summed E-state index contributed by atoms with van der Waals surface area (Å²) in [7, 11) is -0.275. The van der Waals surface area contributed by atoms with Crippen LogP contribution in [-0.4, -0.2) is 39.7 Å². The molecule has 0 radical (unpaired) electrons. The lowest BCUT2D eigenvalue weighted by atomic mass is 9.90. The third-order valence-electron chi connectivity index (χ3n) is 3.05. The maximum Gasteiger partial charge on any atom is 0.260 e. The number of anilines is 1. The summed E-state index contributed by atoms with van der Waals surface area (Å²) in [5.41, 5.74) is 0.493. The zero-order chi connectivity index (χ0) is 13.2. The van der Waals surface area contributed by atoms with E-state index in [0.29, 0.717) is 18.5 Å². The van der Waals surface area contributed by atoms with Crippen LogP contribution >= 0.6 is 0 Å². The molecule has 1 aliphatic rings. The van der Waals surface area contributed by atoms with E-state index in [1.54, 1.807) is 26.3 Å². The molecule has 18 heavy (non-hydrogen) atoms. The summed E-state index contributed by atoms with van der Waals surface area (Å²) < 4.78 is 32.1. The summed E-state index contributed by atoms with van der Waals surface area (Å²) in [5.74, 6) is 0. The smallest absolute Gasteiger partial charge is 0.260 e. The predicted octanol–water partition coefficient (Wildman–Crippen LogP) is 0.579. The Morgan fingerprint density at radius 2 is 2.17 bits per heavy atom. The van der Waals surface area contributed by atoms with Gasteiger partial charge in [-0.3, -0.25) is 0 Å². The lowest BCUT2D eigenvalue weighted by Crippen LogP contribution is -2.47. The fraction of sp³-hybridized carbons (Fsp3) is 0.545. The van der Waals surface area contributed by atoms with Crippen LogP contribution in [0.15, 0.2) is 23.4 Å². The van der Waals surface area contributed by atoms with Gasteiger partial charge in [-0.15, -0.1) is 0 Å². The zero-order valence-corrected chi connectivity index (χ0v) is 11.2. The molecule has 1 aromatic rings. The fourth-order valence-corrected chi connectivity index (χ4v) is 3.33. The molecule has 0 atom stereocenters. The van der Waals surface area contributed by atoms with Gasteiger partial charge in [0.25, 0.3) is 10.0 Å². The quantitative estimate of drug-likeness (QED) is 0.819. The van der Waals surface area contributed by atoms with Crippen LogP contribution in [0.1, 0.15) is 12.8 Å². The largest absolute Gasteiger partial charge is 0.386 e. The van der Waals surface area contributed by atoms with Crippen LogP contribution in [0.2, 0.25) is 0 Å². The molecule has 7 heteroatoms. The molecule has 1 aliphatic carbocycles. The maximum absolute atomic E-state index is 12.2. The molecule has 0 aliphatic heterocycles. The van der Waals surface area contributed by atoms with Crippen molar-refractivity contribution >= 4 is 15.7 Å². The van der Waals surface area contributed by atoms with Gasteiger partial charge in [-0.25, -0.2) is 18.1 Å². The van der Waals surface area contributed by atoms with E-state index in [1.807, 2.05) is 0 Å². The van der Waals surface area contributed by atoms with Gasteiger partial charge in [0.1, 0.15) is 0 Å². The third-order valence-corrected chi connectivity index (χ3v) is 4.52. The Balaban J connectivity index is 2.11. The number of aromatic nitrogens is 1. The number of nitrogens with zero attached hydrogens (tertiary/aromatic N) is 1. The van der Waals surface area contributed by atoms with Crippen LogP contribution in [0.4, 0.5) is 5.69 Å². The minimum atomic E-state index is -3.57. The van der Waals surface area contributed by atoms with Crippen molar-refractivity contribution in [3.63, 3.8) is 0 Å². The molecule has 0 unspecified atom stereocenters. The van der Waals surface area contributed by atoms with E-state index in [9.17, 15) is 8.42 Å². The first kappa shape index (κ1) is 13.3. The molecular formula is C11H17N3O3S. The Morgan fingerprint density at radius 1 is 1.44 bits per heavy atom. The highest BCUT2D eigenvalue weighted by Crippen LogP contribution is 2.25. The molecule has 2 rings (SSSR count). The van der Waals surface area contributed by atoms with E-state index in [-0.39, 0.29) is 17.2 Å². The van der Waals surface area contributed by atoms with Gasteiger partial charge in [0.15, 0.2) is 5.03 Å². The fourth-order valence-electron chi connectivity index (χ4n) is 1.92. The van der Waals surface area contributed by atoms with E-state index < -0.39 is 10.0 Å². The van der Waals surface area contributed by atoms with Crippen molar-refractivity contribution < 1.29 is 13.2 Å². The van der Waals surface area contributed by atoms with Crippen LogP contribution < -0.4 is 10.0 Å². The van der Waals surface area contributed by atoms with Crippen molar-refractivity contribution in [1.82, 2.24) is 9.71 Å². The van der Waals surface area contributed by atoms with Crippen molar-refractivity contribution in [3.05, 3.63) is 18.3 Å². The number of nitrogens with one attached hydrogen (secondary N) is 2. The molecule has 6 nitrogen and oxygen atoms in total. The monoisotopic (exact) mass is 271 g/mol. The number of sulfonamides is 1. The van der Waals surface area contributed by atoms with Crippen LogP contribution in [0.25, 0.3) is 0 Å². The van der Waals surface area contributed by atoms with Gasteiger partial charge in [-0.05, 0) is 25.0 Å². The lowest BCUT2D eigenvalue weighted by Gasteiger charge is -2.34. The SMILES string of the molecule is CNc1cccnc1S(=O)(=O)NC1CC(OC)C1. The molecular weight excluding hydrogens is 254 g/mol. The van der Waals surface area contributed by atoms with Gasteiger partial charge in [-0.1, -0.05) is 0 Å². The second kappa shape index (κ2) is 5.21. The summed E-state index contributed by atoms with van der Waals surface area (Å²) in [4.78, 5) is 3.93. The highest BCUT2D eigenvalue weighted by Gasteiger charge is 2.33.